The van der Waals surface area contributed by atoms with Crippen LogP contribution < -0.4 is 4.74 Å². The van der Waals surface area contributed by atoms with Crippen LogP contribution in [0.3, 0.4) is 0 Å². The van der Waals surface area contributed by atoms with Crippen LogP contribution in [0.15, 0.2) is 6.20 Å². The molecular formula is C9H10BrF2NO. The second-order valence-electron chi connectivity index (χ2n) is 2.75. The zero-order chi connectivity index (χ0) is 10.7. The van der Waals surface area contributed by atoms with Gasteiger partial charge in [-0.2, -0.15) is 0 Å². The molecule has 0 saturated carbocycles. The van der Waals surface area contributed by atoms with Crippen molar-refractivity contribution < 1.29 is 13.5 Å². The van der Waals surface area contributed by atoms with E-state index in [-0.39, 0.29) is 5.56 Å². The fourth-order valence-corrected chi connectivity index (χ4v) is 1.70. The molecule has 0 N–H and O–H groups in total. The summed E-state index contributed by atoms with van der Waals surface area (Å²) in [5, 5.41) is 0.317. The Balaban J connectivity index is 3.31. The molecule has 0 unspecified atom stereocenters. The van der Waals surface area contributed by atoms with Gasteiger partial charge >= 0.3 is 0 Å². The van der Waals surface area contributed by atoms with Crippen LogP contribution in [0.2, 0.25) is 0 Å². The van der Waals surface area contributed by atoms with Crippen molar-refractivity contribution in [2.75, 3.05) is 7.11 Å². The number of hydrogen-bond donors (Lipinski definition) is 0. The first-order valence-electron chi connectivity index (χ1n) is 3.98. The van der Waals surface area contributed by atoms with Gasteiger partial charge in [-0.25, -0.2) is 8.78 Å². The molecule has 1 heterocycles. The Morgan fingerprint density at radius 3 is 2.64 bits per heavy atom. The van der Waals surface area contributed by atoms with Gasteiger partial charge in [-0.1, -0.05) is 15.9 Å². The molecule has 1 rings (SSSR count). The third-order valence-electron chi connectivity index (χ3n) is 1.99. The summed E-state index contributed by atoms with van der Waals surface area (Å²) in [5.74, 6) is 0.394. The Kier molecular flexibility index (Phi) is 3.80. The highest BCUT2D eigenvalue weighted by molar-refractivity contribution is 9.08. The van der Waals surface area contributed by atoms with Crippen molar-refractivity contribution in [3.63, 3.8) is 0 Å². The molecule has 2 nitrogen and oxygen atoms in total. The van der Waals surface area contributed by atoms with E-state index in [0.29, 0.717) is 22.3 Å². The van der Waals surface area contributed by atoms with E-state index in [1.807, 2.05) is 0 Å². The highest BCUT2D eigenvalue weighted by Gasteiger charge is 2.19. The second kappa shape index (κ2) is 4.68. The summed E-state index contributed by atoms with van der Waals surface area (Å²) >= 11 is 3.12. The van der Waals surface area contributed by atoms with E-state index in [4.69, 9.17) is 4.74 Å². The van der Waals surface area contributed by atoms with Crippen LogP contribution in [0.25, 0.3) is 0 Å². The number of rotatable bonds is 3. The van der Waals surface area contributed by atoms with Crippen LogP contribution in [0, 0.1) is 6.92 Å². The van der Waals surface area contributed by atoms with E-state index in [2.05, 4.69) is 20.9 Å². The first-order chi connectivity index (χ1) is 6.61. The molecule has 0 aromatic carbocycles. The molecule has 0 aliphatic carbocycles. The summed E-state index contributed by atoms with van der Waals surface area (Å²) in [6, 6.07) is 0. The van der Waals surface area contributed by atoms with Crippen LogP contribution in [0.4, 0.5) is 8.78 Å². The van der Waals surface area contributed by atoms with Gasteiger partial charge in [0.1, 0.15) is 5.75 Å². The van der Waals surface area contributed by atoms with Gasteiger partial charge in [0.15, 0.2) is 0 Å². The molecule has 1 aromatic rings. The number of halogens is 3. The lowest BCUT2D eigenvalue weighted by Gasteiger charge is -2.12. The molecule has 0 amide bonds. The molecule has 0 bridgehead atoms. The van der Waals surface area contributed by atoms with Crippen molar-refractivity contribution in [2.45, 2.75) is 18.7 Å². The van der Waals surface area contributed by atoms with Crippen molar-refractivity contribution in [3.8, 4) is 5.75 Å². The van der Waals surface area contributed by atoms with Crippen LogP contribution in [0.5, 0.6) is 5.75 Å². The van der Waals surface area contributed by atoms with E-state index in [9.17, 15) is 8.78 Å². The fourth-order valence-electron chi connectivity index (χ4n) is 1.25. The number of aromatic nitrogens is 1. The Hall–Kier alpha value is -0.710. The van der Waals surface area contributed by atoms with Gasteiger partial charge in [-0.05, 0) is 6.92 Å². The lowest BCUT2D eigenvalue weighted by Crippen LogP contribution is -2.02. The third-order valence-corrected chi connectivity index (χ3v) is 2.52. The molecule has 14 heavy (non-hydrogen) atoms. The number of ether oxygens (including phenoxy) is 1. The summed E-state index contributed by atoms with van der Waals surface area (Å²) in [6.45, 7) is 1.61. The molecular weight excluding hydrogens is 256 g/mol. The first kappa shape index (κ1) is 11.4. The molecule has 0 aliphatic heterocycles. The lowest BCUT2D eigenvalue weighted by atomic mass is 10.1. The highest BCUT2D eigenvalue weighted by Crippen LogP contribution is 2.31. The average molecular weight is 266 g/mol. The Morgan fingerprint density at radius 2 is 2.21 bits per heavy atom. The molecule has 0 fully saturated rings. The monoisotopic (exact) mass is 265 g/mol. The van der Waals surface area contributed by atoms with Gasteiger partial charge in [0.2, 0.25) is 0 Å². The normalized spacial score (nSPS) is 10.7. The third kappa shape index (κ3) is 2.03. The van der Waals surface area contributed by atoms with Crippen molar-refractivity contribution >= 4 is 15.9 Å². The van der Waals surface area contributed by atoms with Crippen molar-refractivity contribution in [1.29, 1.82) is 0 Å². The van der Waals surface area contributed by atoms with E-state index in [1.54, 1.807) is 6.92 Å². The number of nitrogens with zero attached hydrogens (tertiary/aromatic N) is 1. The number of hydrogen-bond acceptors (Lipinski definition) is 2. The molecule has 0 saturated heterocycles. The van der Waals surface area contributed by atoms with E-state index < -0.39 is 6.43 Å². The summed E-state index contributed by atoms with van der Waals surface area (Å²) in [7, 11) is 1.44. The molecule has 5 heteroatoms. The summed E-state index contributed by atoms with van der Waals surface area (Å²) in [5.41, 5.74) is 0.770. The Labute approximate surface area is 89.4 Å². The minimum Gasteiger partial charge on any atom is -0.495 e. The van der Waals surface area contributed by atoms with Gasteiger partial charge < -0.3 is 4.74 Å². The SMILES string of the molecule is COc1cnc(CBr)c(C(F)F)c1C. The highest BCUT2D eigenvalue weighted by atomic mass is 79.9. The molecule has 0 atom stereocenters. The standard InChI is InChI=1S/C9H10BrF2NO/c1-5-7(14-2)4-13-6(3-10)8(5)9(11)12/h4,9H,3H2,1-2H3. The number of methoxy groups -OCH3 is 1. The van der Waals surface area contributed by atoms with Crippen LogP contribution in [-0.2, 0) is 5.33 Å². The van der Waals surface area contributed by atoms with Gasteiger partial charge in [-0.3, -0.25) is 4.98 Å². The summed E-state index contributed by atoms with van der Waals surface area (Å²) < 4.78 is 30.3. The van der Waals surface area contributed by atoms with E-state index >= 15 is 0 Å². The topological polar surface area (TPSA) is 22.1 Å². The summed E-state index contributed by atoms with van der Waals surface area (Å²) in [6.07, 6.45) is -1.07. The Morgan fingerprint density at radius 1 is 1.57 bits per heavy atom. The number of alkyl halides is 3. The second-order valence-corrected chi connectivity index (χ2v) is 3.31. The van der Waals surface area contributed by atoms with Crippen molar-refractivity contribution in [2.24, 2.45) is 0 Å². The molecule has 78 valence electrons. The van der Waals surface area contributed by atoms with Gasteiger partial charge in [0.25, 0.3) is 6.43 Å². The van der Waals surface area contributed by atoms with Gasteiger partial charge in [-0.15, -0.1) is 0 Å². The molecule has 0 radical (unpaired) electrons. The van der Waals surface area contributed by atoms with Crippen molar-refractivity contribution in [3.05, 3.63) is 23.0 Å². The first-order valence-corrected chi connectivity index (χ1v) is 5.10. The zero-order valence-corrected chi connectivity index (χ0v) is 9.44. The average Bonchev–Trinajstić information content (AvgIpc) is 2.16. The van der Waals surface area contributed by atoms with Crippen molar-refractivity contribution in [1.82, 2.24) is 4.98 Å². The molecule has 0 spiro atoms. The maximum absolute atomic E-state index is 12.7. The maximum atomic E-state index is 12.7. The van der Waals surface area contributed by atoms with Crippen LogP contribution >= 0.6 is 15.9 Å². The van der Waals surface area contributed by atoms with E-state index in [1.165, 1.54) is 13.3 Å². The van der Waals surface area contributed by atoms with Gasteiger partial charge in [0, 0.05) is 16.5 Å². The number of pyridine rings is 1. The predicted molar refractivity (Wildman–Crippen MR) is 53.1 cm³/mol. The minimum absolute atomic E-state index is 0.0405. The fraction of sp³-hybridized carbons (Fsp3) is 0.444. The van der Waals surface area contributed by atoms with E-state index in [0.717, 1.165) is 0 Å². The van der Waals surface area contributed by atoms with Gasteiger partial charge in [0.05, 0.1) is 19.0 Å². The molecule has 1 aromatic heterocycles. The summed E-state index contributed by atoms with van der Waals surface area (Å²) in [4.78, 5) is 3.90. The molecule has 0 aliphatic rings. The zero-order valence-electron chi connectivity index (χ0n) is 7.85. The predicted octanol–water partition coefficient (Wildman–Crippen LogP) is 3.23. The van der Waals surface area contributed by atoms with Crippen LogP contribution in [0.1, 0.15) is 23.2 Å². The minimum atomic E-state index is -2.52. The largest absolute Gasteiger partial charge is 0.495 e. The smallest absolute Gasteiger partial charge is 0.266 e. The maximum Gasteiger partial charge on any atom is 0.266 e. The lowest BCUT2D eigenvalue weighted by molar-refractivity contribution is 0.148. The van der Waals surface area contributed by atoms with Crippen LogP contribution in [-0.4, -0.2) is 12.1 Å². The quantitative estimate of drug-likeness (QED) is 0.783. The Bertz CT molecular complexity index is 331.